The molecule has 1 N–H and O–H groups in total. The third-order valence-corrected chi connectivity index (χ3v) is 16.3. The van der Waals surface area contributed by atoms with Crippen LogP contribution in [0.2, 0.25) is 36.3 Å². The Bertz CT molecular complexity index is 930. The molecule has 1 fully saturated rings. The zero-order valence-electron chi connectivity index (χ0n) is 21.5. The topological polar surface area (TPSA) is 82.6 Å². The third kappa shape index (κ3) is 5.52. The van der Waals surface area contributed by atoms with Gasteiger partial charge in [0.1, 0.15) is 12.2 Å². The average Bonchev–Trinajstić information content (AvgIpc) is 2.90. The predicted octanol–water partition coefficient (Wildman–Crippen LogP) is 4.49. The van der Waals surface area contributed by atoms with Crippen molar-refractivity contribution in [2.24, 2.45) is 0 Å². The van der Waals surface area contributed by atoms with Gasteiger partial charge in [-0.25, -0.2) is 9.18 Å². The molecule has 0 radical (unpaired) electrons. The van der Waals surface area contributed by atoms with Crippen LogP contribution in [0.25, 0.3) is 0 Å². The largest absolute Gasteiger partial charge is 0.414 e. The molecule has 0 amide bonds. The molecule has 2 heterocycles. The van der Waals surface area contributed by atoms with E-state index in [9.17, 15) is 9.59 Å². The van der Waals surface area contributed by atoms with E-state index in [4.69, 9.17) is 13.6 Å². The second kappa shape index (κ2) is 8.94. The van der Waals surface area contributed by atoms with E-state index >= 15 is 4.39 Å². The second-order valence-electron chi connectivity index (χ2n) is 11.9. The minimum absolute atomic E-state index is 0.0110. The summed E-state index contributed by atoms with van der Waals surface area (Å²) in [5.74, 6) is 0. The maximum absolute atomic E-state index is 15.8. The van der Waals surface area contributed by atoms with Gasteiger partial charge in [0.25, 0.3) is 5.56 Å². The fourth-order valence-electron chi connectivity index (χ4n) is 2.99. The van der Waals surface area contributed by atoms with Crippen LogP contribution >= 0.6 is 0 Å². The average molecular weight is 489 g/mol. The van der Waals surface area contributed by atoms with E-state index in [-0.39, 0.29) is 16.7 Å². The first-order valence-electron chi connectivity index (χ1n) is 11.2. The first-order chi connectivity index (χ1) is 14.3. The highest BCUT2D eigenvalue weighted by molar-refractivity contribution is 6.74. The Labute approximate surface area is 192 Å². The molecule has 1 aromatic rings. The Balaban J connectivity index is 2.41. The number of aromatic nitrogens is 2. The van der Waals surface area contributed by atoms with Crippen molar-refractivity contribution in [2.75, 3.05) is 6.61 Å². The van der Waals surface area contributed by atoms with Gasteiger partial charge >= 0.3 is 5.69 Å². The molecule has 0 spiro atoms. The highest BCUT2D eigenvalue weighted by atomic mass is 28.4. The van der Waals surface area contributed by atoms with Crippen molar-refractivity contribution in [1.82, 2.24) is 9.55 Å². The maximum atomic E-state index is 15.8. The van der Waals surface area contributed by atoms with Crippen LogP contribution in [0.1, 0.15) is 53.3 Å². The lowest BCUT2D eigenvalue weighted by Crippen LogP contribution is -2.50. The van der Waals surface area contributed by atoms with Crippen molar-refractivity contribution in [3.63, 3.8) is 0 Å². The molecule has 4 atom stereocenters. The number of nitrogens with zero attached hydrogens (tertiary/aromatic N) is 1. The molecule has 1 aliphatic heterocycles. The summed E-state index contributed by atoms with van der Waals surface area (Å²) in [6.07, 6.45) is -2.97. The lowest BCUT2D eigenvalue weighted by atomic mass is 10.1. The van der Waals surface area contributed by atoms with Gasteiger partial charge in [0.2, 0.25) is 0 Å². The van der Waals surface area contributed by atoms with Gasteiger partial charge in [0.15, 0.2) is 29.0 Å². The zero-order valence-corrected chi connectivity index (χ0v) is 23.5. The molecular weight excluding hydrogens is 447 g/mol. The molecule has 0 aromatic carbocycles. The second-order valence-corrected chi connectivity index (χ2v) is 21.5. The Morgan fingerprint density at radius 3 is 2.09 bits per heavy atom. The van der Waals surface area contributed by atoms with E-state index in [1.165, 1.54) is 6.20 Å². The molecule has 1 saturated heterocycles. The molecule has 10 heteroatoms. The van der Waals surface area contributed by atoms with E-state index in [1.54, 1.807) is 6.92 Å². The maximum Gasteiger partial charge on any atom is 0.330 e. The van der Waals surface area contributed by atoms with Gasteiger partial charge in [-0.1, -0.05) is 41.5 Å². The number of H-pyrrole nitrogens is 1. The van der Waals surface area contributed by atoms with Crippen LogP contribution in [0.15, 0.2) is 15.8 Å². The highest BCUT2D eigenvalue weighted by Crippen LogP contribution is 2.43. The van der Waals surface area contributed by atoms with Crippen molar-refractivity contribution < 1.29 is 18.0 Å². The minimum Gasteiger partial charge on any atom is -0.414 e. The summed E-state index contributed by atoms with van der Waals surface area (Å²) in [5.41, 5.74) is -0.889. The number of ether oxygens (including phenoxy) is 1. The van der Waals surface area contributed by atoms with Crippen molar-refractivity contribution in [2.45, 2.75) is 109 Å². The number of aromatic amines is 1. The summed E-state index contributed by atoms with van der Waals surface area (Å²) in [7, 11) is -4.45. The molecule has 1 aliphatic rings. The Morgan fingerprint density at radius 1 is 1.06 bits per heavy atom. The normalized spacial score (nSPS) is 25.4. The summed E-state index contributed by atoms with van der Waals surface area (Å²) in [6.45, 7) is 22.8. The van der Waals surface area contributed by atoms with Crippen molar-refractivity contribution >= 4 is 16.6 Å². The first kappa shape index (κ1) is 27.2. The van der Waals surface area contributed by atoms with Crippen LogP contribution in [0.3, 0.4) is 0 Å². The van der Waals surface area contributed by atoms with Crippen molar-refractivity contribution in [3.8, 4) is 0 Å². The fourth-order valence-corrected chi connectivity index (χ4v) is 5.32. The molecule has 0 saturated carbocycles. The molecule has 0 bridgehead atoms. The quantitative estimate of drug-likeness (QED) is 0.597. The summed E-state index contributed by atoms with van der Waals surface area (Å²) in [6, 6.07) is 0. The van der Waals surface area contributed by atoms with Gasteiger partial charge in [-0.05, 0) is 43.2 Å². The number of rotatable bonds is 6. The van der Waals surface area contributed by atoms with Crippen LogP contribution in [-0.4, -0.2) is 51.2 Å². The monoisotopic (exact) mass is 488 g/mol. The lowest BCUT2D eigenvalue weighted by Gasteiger charge is -2.40. The van der Waals surface area contributed by atoms with Gasteiger partial charge in [0.05, 0.1) is 6.61 Å². The van der Waals surface area contributed by atoms with Gasteiger partial charge in [-0.2, -0.15) is 0 Å². The summed E-state index contributed by atoms with van der Waals surface area (Å²) in [4.78, 5) is 26.5. The smallest absolute Gasteiger partial charge is 0.330 e. The van der Waals surface area contributed by atoms with Gasteiger partial charge in [-0.15, -0.1) is 0 Å². The number of hydrogen-bond donors (Lipinski definition) is 1. The predicted molar refractivity (Wildman–Crippen MR) is 130 cm³/mol. The Morgan fingerprint density at radius 2 is 1.59 bits per heavy atom. The molecule has 7 nitrogen and oxygen atoms in total. The van der Waals surface area contributed by atoms with Gasteiger partial charge < -0.3 is 13.6 Å². The number of hydrogen-bond acceptors (Lipinski definition) is 5. The number of halogens is 1. The van der Waals surface area contributed by atoms with Crippen molar-refractivity contribution in [3.05, 3.63) is 32.6 Å². The molecule has 2 rings (SSSR count). The minimum atomic E-state index is -2.34. The molecular formula is C22H41FN2O5Si2. The summed E-state index contributed by atoms with van der Waals surface area (Å²) < 4.78 is 35.9. The van der Waals surface area contributed by atoms with E-state index in [1.807, 2.05) is 0 Å². The number of aryl methyl sites for hydroxylation is 1. The standard InChI is InChI=1S/C22H41FN2O5Si2/c1-14-12-25(20(27)24-18(14)26)19-16(23)17(30-32(10,11)22(5,6)7)15(29-19)13-28-31(8,9)21(2,3)4/h12,15-17,19H,13H2,1-11H3,(H,24,26,27)/t15-,16+,17?,19-/m0/s1. The highest BCUT2D eigenvalue weighted by Gasteiger charge is 2.52. The molecule has 1 unspecified atom stereocenters. The van der Waals surface area contributed by atoms with Crippen LogP contribution < -0.4 is 11.2 Å². The fraction of sp³-hybridized carbons (Fsp3) is 0.818. The Hall–Kier alpha value is -1.08. The van der Waals surface area contributed by atoms with E-state index in [2.05, 4.69) is 72.7 Å². The van der Waals surface area contributed by atoms with E-state index in [0.717, 1.165) is 4.57 Å². The lowest BCUT2D eigenvalue weighted by molar-refractivity contribution is -0.0456. The van der Waals surface area contributed by atoms with Crippen LogP contribution in [0.5, 0.6) is 0 Å². The van der Waals surface area contributed by atoms with Gasteiger partial charge in [0, 0.05) is 11.8 Å². The Kier molecular flexibility index (Phi) is 7.59. The van der Waals surface area contributed by atoms with E-state index in [0.29, 0.717) is 5.56 Å². The van der Waals surface area contributed by atoms with E-state index < -0.39 is 52.5 Å². The number of nitrogens with one attached hydrogen (secondary N) is 1. The molecule has 184 valence electrons. The molecule has 1 aromatic heterocycles. The third-order valence-electron chi connectivity index (χ3n) is 7.34. The van der Waals surface area contributed by atoms with Crippen LogP contribution in [0.4, 0.5) is 4.39 Å². The molecule has 0 aliphatic carbocycles. The van der Waals surface area contributed by atoms with Gasteiger partial charge in [-0.3, -0.25) is 14.3 Å². The first-order valence-corrected chi connectivity index (χ1v) is 17.0. The number of alkyl halides is 1. The van der Waals surface area contributed by atoms with Crippen LogP contribution in [0, 0.1) is 6.92 Å². The summed E-state index contributed by atoms with van der Waals surface area (Å²) >= 11 is 0. The summed E-state index contributed by atoms with van der Waals surface area (Å²) in [5, 5.41) is -0.135. The zero-order chi connectivity index (χ0) is 24.9. The van der Waals surface area contributed by atoms with Crippen LogP contribution in [-0.2, 0) is 13.6 Å². The SMILES string of the molecule is Cc1cn([C@H]2O[C@@H](CO[Si](C)(C)C(C)(C)C)C(O[Si](C)(C)C(C)(C)C)[C@H]2F)c(=O)[nH]c1=O. The molecule has 32 heavy (non-hydrogen) atoms. The van der Waals surface area contributed by atoms with Crippen molar-refractivity contribution in [1.29, 1.82) is 0 Å².